The van der Waals surface area contributed by atoms with Crippen LogP contribution in [-0.4, -0.2) is 84.2 Å². The second-order valence-electron chi connectivity index (χ2n) is 7.70. The lowest BCUT2D eigenvalue weighted by Crippen LogP contribution is -2.60. The molecule has 2 fully saturated rings. The molecule has 2 unspecified atom stereocenters. The maximum absolute atomic E-state index is 3.63. The summed E-state index contributed by atoms with van der Waals surface area (Å²) < 4.78 is 0. The van der Waals surface area contributed by atoms with E-state index >= 15 is 0 Å². The molecule has 124 valence electrons. The van der Waals surface area contributed by atoms with Crippen molar-refractivity contribution in [2.75, 3.05) is 39.3 Å². The van der Waals surface area contributed by atoms with Crippen LogP contribution in [0.4, 0.5) is 0 Å². The lowest BCUT2D eigenvalue weighted by atomic mass is 10.1. The van der Waals surface area contributed by atoms with E-state index in [4.69, 9.17) is 0 Å². The van der Waals surface area contributed by atoms with Crippen molar-refractivity contribution in [2.45, 2.75) is 71.8 Å². The third kappa shape index (κ3) is 4.65. The Morgan fingerprint density at radius 2 is 1.52 bits per heavy atom. The third-order valence-corrected chi connectivity index (χ3v) is 5.23. The SMILES string of the molecule is CC(C)N1CCN(CC(C)N2C[C@@H](C)N[C@@H](C)C2)C(C)C1. The van der Waals surface area contributed by atoms with Crippen LogP contribution in [0.25, 0.3) is 0 Å². The van der Waals surface area contributed by atoms with E-state index in [0.717, 1.165) is 0 Å². The van der Waals surface area contributed by atoms with Crippen LogP contribution in [0.2, 0.25) is 0 Å². The highest BCUT2D eigenvalue weighted by Gasteiger charge is 2.29. The topological polar surface area (TPSA) is 21.8 Å². The zero-order valence-electron chi connectivity index (χ0n) is 15.0. The van der Waals surface area contributed by atoms with Crippen molar-refractivity contribution in [3.8, 4) is 0 Å². The molecule has 0 radical (unpaired) electrons. The molecule has 0 saturated carbocycles. The Hall–Kier alpha value is -0.160. The van der Waals surface area contributed by atoms with Gasteiger partial charge in [0.1, 0.15) is 0 Å². The van der Waals surface area contributed by atoms with E-state index in [1.807, 2.05) is 0 Å². The Balaban J connectivity index is 1.84. The van der Waals surface area contributed by atoms with Crippen LogP contribution in [0.1, 0.15) is 41.5 Å². The Morgan fingerprint density at radius 1 is 0.905 bits per heavy atom. The Kier molecular flexibility index (Phi) is 6.06. The standard InChI is InChI=1S/C17H36N4/c1-13(2)19-7-8-20(16(5)11-19)12-17(6)21-9-14(3)18-15(4)10-21/h13-18H,7-12H2,1-6H3/t14-,15+,16?,17?. The zero-order valence-corrected chi connectivity index (χ0v) is 15.0. The zero-order chi connectivity index (χ0) is 15.6. The highest BCUT2D eigenvalue weighted by molar-refractivity contribution is 4.87. The molecule has 0 aliphatic carbocycles. The number of piperazine rings is 2. The van der Waals surface area contributed by atoms with Crippen molar-refractivity contribution in [3.05, 3.63) is 0 Å². The van der Waals surface area contributed by atoms with Crippen LogP contribution in [0.5, 0.6) is 0 Å². The van der Waals surface area contributed by atoms with Gasteiger partial charge in [0.05, 0.1) is 0 Å². The first-order valence-corrected chi connectivity index (χ1v) is 8.85. The first kappa shape index (κ1) is 17.2. The maximum Gasteiger partial charge on any atom is 0.0196 e. The molecule has 4 atom stereocenters. The van der Waals surface area contributed by atoms with E-state index in [2.05, 4.69) is 61.6 Å². The third-order valence-electron chi connectivity index (χ3n) is 5.23. The van der Waals surface area contributed by atoms with Crippen LogP contribution in [0, 0.1) is 0 Å². The highest BCUT2D eigenvalue weighted by Crippen LogP contribution is 2.15. The van der Waals surface area contributed by atoms with Crippen molar-refractivity contribution < 1.29 is 0 Å². The minimum Gasteiger partial charge on any atom is -0.309 e. The molecule has 0 aromatic carbocycles. The van der Waals surface area contributed by atoms with Gasteiger partial charge < -0.3 is 5.32 Å². The molecule has 1 N–H and O–H groups in total. The molecule has 4 nitrogen and oxygen atoms in total. The minimum absolute atomic E-state index is 0.617. The normalized spacial score (nSPS) is 35.3. The Bertz CT molecular complexity index is 310. The van der Waals surface area contributed by atoms with Gasteiger partial charge in [-0.05, 0) is 41.5 Å². The molecule has 2 rings (SSSR count). The van der Waals surface area contributed by atoms with Gasteiger partial charge in [0.2, 0.25) is 0 Å². The van der Waals surface area contributed by atoms with Gasteiger partial charge in [0.25, 0.3) is 0 Å². The van der Waals surface area contributed by atoms with Crippen LogP contribution in [-0.2, 0) is 0 Å². The van der Waals surface area contributed by atoms with Crippen molar-refractivity contribution >= 4 is 0 Å². The lowest BCUT2D eigenvalue weighted by Gasteiger charge is -2.45. The van der Waals surface area contributed by atoms with Crippen LogP contribution < -0.4 is 5.32 Å². The van der Waals surface area contributed by atoms with Gasteiger partial charge in [0, 0.05) is 69.5 Å². The first-order chi connectivity index (χ1) is 9.86. The van der Waals surface area contributed by atoms with Gasteiger partial charge in [-0.1, -0.05) is 0 Å². The molecule has 0 amide bonds. The average Bonchev–Trinajstić information content (AvgIpc) is 2.39. The van der Waals surface area contributed by atoms with E-state index in [-0.39, 0.29) is 0 Å². The van der Waals surface area contributed by atoms with Gasteiger partial charge in [-0.15, -0.1) is 0 Å². The second kappa shape index (κ2) is 7.40. The summed E-state index contributed by atoms with van der Waals surface area (Å²) in [6, 6.07) is 3.26. The molecule has 0 spiro atoms. The molecule has 2 saturated heterocycles. The molecule has 0 bridgehead atoms. The van der Waals surface area contributed by atoms with Gasteiger partial charge in [-0.3, -0.25) is 14.7 Å². The predicted octanol–water partition coefficient (Wildman–Crippen LogP) is 1.47. The number of nitrogens with zero attached hydrogens (tertiary/aromatic N) is 3. The molecule has 21 heavy (non-hydrogen) atoms. The molecule has 4 heteroatoms. The van der Waals surface area contributed by atoms with E-state index in [1.165, 1.54) is 39.3 Å². The Morgan fingerprint density at radius 3 is 2.05 bits per heavy atom. The maximum atomic E-state index is 3.63. The van der Waals surface area contributed by atoms with Crippen LogP contribution >= 0.6 is 0 Å². The summed E-state index contributed by atoms with van der Waals surface area (Å²) >= 11 is 0. The molecular formula is C17H36N4. The number of rotatable bonds is 4. The summed E-state index contributed by atoms with van der Waals surface area (Å²) in [5.74, 6) is 0. The van der Waals surface area contributed by atoms with Gasteiger partial charge in [-0.2, -0.15) is 0 Å². The first-order valence-electron chi connectivity index (χ1n) is 8.85. The van der Waals surface area contributed by atoms with Crippen LogP contribution in [0.3, 0.4) is 0 Å². The van der Waals surface area contributed by atoms with E-state index in [0.29, 0.717) is 30.2 Å². The van der Waals surface area contributed by atoms with E-state index in [1.54, 1.807) is 0 Å². The predicted molar refractivity (Wildman–Crippen MR) is 90.8 cm³/mol. The Labute approximate surface area is 131 Å². The summed E-state index contributed by atoms with van der Waals surface area (Å²) in [5.41, 5.74) is 0. The number of hydrogen-bond donors (Lipinski definition) is 1. The van der Waals surface area contributed by atoms with Gasteiger partial charge in [-0.25, -0.2) is 0 Å². The average molecular weight is 297 g/mol. The van der Waals surface area contributed by atoms with Crippen molar-refractivity contribution in [1.29, 1.82) is 0 Å². The fourth-order valence-corrected chi connectivity index (χ4v) is 3.95. The number of nitrogens with one attached hydrogen (secondary N) is 1. The molecule has 2 aliphatic heterocycles. The van der Waals surface area contributed by atoms with Crippen molar-refractivity contribution in [2.24, 2.45) is 0 Å². The van der Waals surface area contributed by atoms with Crippen molar-refractivity contribution in [1.82, 2.24) is 20.0 Å². The fourth-order valence-electron chi connectivity index (χ4n) is 3.95. The van der Waals surface area contributed by atoms with Crippen LogP contribution in [0.15, 0.2) is 0 Å². The fraction of sp³-hybridized carbons (Fsp3) is 1.00. The van der Waals surface area contributed by atoms with Gasteiger partial charge in [0.15, 0.2) is 0 Å². The summed E-state index contributed by atoms with van der Waals surface area (Å²) in [6.45, 7) is 21.3. The quantitative estimate of drug-likeness (QED) is 0.848. The monoisotopic (exact) mass is 296 g/mol. The number of hydrogen-bond acceptors (Lipinski definition) is 4. The van der Waals surface area contributed by atoms with Gasteiger partial charge >= 0.3 is 0 Å². The smallest absolute Gasteiger partial charge is 0.0196 e. The molecule has 0 aromatic rings. The summed E-state index contributed by atoms with van der Waals surface area (Å²) in [6.07, 6.45) is 0. The molecule has 2 aliphatic rings. The summed E-state index contributed by atoms with van der Waals surface area (Å²) in [5, 5.41) is 3.63. The second-order valence-corrected chi connectivity index (χ2v) is 7.70. The van der Waals surface area contributed by atoms with Crippen molar-refractivity contribution in [3.63, 3.8) is 0 Å². The minimum atomic E-state index is 0.617. The molecule has 0 aromatic heterocycles. The van der Waals surface area contributed by atoms with E-state index in [9.17, 15) is 0 Å². The summed E-state index contributed by atoms with van der Waals surface area (Å²) in [4.78, 5) is 7.98. The largest absolute Gasteiger partial charge is 0.309 e. The highest BCUT2D eigenvalue weighted by atomic mass is 15.3. The molecule has 2 heterocycles. The lowest BCUT2D eigenvalue weighted by molar-refractivity contribution is 0.0345. The van der Waals surface area contributed by atoms with E-state index < -0.39 is 0 Å². The molecular weight excluding hydrogens is 260 g/mol. The summed E-state index contributed by atoms with van der Waals surface area (Å²) in [7, 11) is 0.